The average Bonchev–Trinajstić information content (AvgIpc) is 2.30. The number of hydrogen-bond acceptors (Lipinski definition) is 3. The Hall–Kier alpha value is -1.27. The van der Waals surface area contributed by atoms with E-state index in [1.165, 1.54) is 6.07 Å². The molecule has 0 aliphatic rings. The lowest BCUT2D eigenvalue weighted by molar-refractivity contribution is -0.385. The summed E-state index contributed by atoms with van der Waals surface area (Å²) in [5.41, 5.74) is 1.38. The first-order valence-electron chi connectivity index (χ1n) is 4.65. The van der Waals surface area contributed by atoms with Crippen LogP contribution in [0.1, 0.15) is 0 Å². The minimum Gasteiger partial charge on any atom is -0.258 e. The zero-order valence-electron chi connectivity index (χ0n) is 8.43. The number of rotatable bonds is 2. The lowest BCUT2D eigenvalue weighted by Crippen LogP contribution is -1.93. The van der Waals surface area contributed by atoms with E-state index in [-0.39, 0.29) is 5.69 Å². The van der Waals surface area contributed by atoms with E-state index >= 15 is 0 Å². The van der Waals surface area contributed by atoms with Crippen LogP contribution in [0.25, 0.3) is 11.3 Å². The van der Waals surface area contributed by atoms with Gasteiger partial charge in [0.1, 0.15) is 4.47 Å². The largest absolute Gasteiger partial charge is 0.284 e. The van der Waals surface area contributed by atoms with E-state index < -0.39 is 4.92 Å². The van der Waals surface area contributed by atoms with Crippen LogP contribution in [0.5, 0.6) is 0 Å². The predicted octanol–water partition coefficient (Wildman–Crippen LogP) is 4.18. The summed E-state index contributed by atoms with van der Waals surface area (Å²) in [5.74, 6) is 0. The van der Waals surface area contributed by atoms with Gasteiger partial charge in [-0.05, 0) is 34.1 Å². The molecule has 0 radical (unpaired) electrons. The molecule has 0 saturated heterocycles. The van der Waals surface area contributed by atoms with Gasteiger partial charge in [-0.25, -0.2) is 0 Å². The summed E-state index contributed by atoms with van der Waals surface area (Å²) < 4.78 is 1.18. The zero-order valence-corrected chi connectivity index (χ0v) is 11.6. The van der Waals surface area contributed by atoms with E-state index in [1.807, 2.05) is 6.07 Å². The highest BCUT2D eigenvalue weighted by molar-refractivity contribution is 9.11. The van der Waals surface area contributed by atoms with Gasteiger partial charge in [-0.1, -0.05) is 22.0 Å². The quantitative estimate of drug-likeness (QED) is 0.598. The highest BCUT2D eigenvalue weighted by Crippen LogP contribution is 2.39. The molecule has 1 heterocycles. The molecule has 2 rings (SSSR count). The van der Waals surface area contributed by atoms with Crippen LogP contribution in [0, 0.1) is 10.1 Å². The number of nitrogens with zero attached hydrogens (tertiary/aromatic N) is 2. The van der Waals surface area contributed by atoms with Gasteiger partial charge in [0.05, 0.1) is 10.6 Å². The van der Waals surface area contributed by atoms with Crippen LogP contribution in [0.2, 0.25) is 0 Å². The van der Waals surface area contributed by atoms with Crippen molar-refractivity contribution in [2.75, 3.05) is 0 Å². The van der Waals surface area contributed by atoms with Gasteiger partial charge in [0.2, 0.25) is 0 Å². The number of hydrogen-bond donors (Lipinski definition) is 0. The second-order valence-corrected chi connectivity index (χ2v) is 4.87. The number of nitro benzene ring substituents is 1. The number of pyridine rings is 1. The summed E-state index contributed by atoms with van der Waals surface area (Å²) in [6.07, 6.45) is 1.65. The molecule has 0 saturated carbocycles. The Balaban J connectivity index is 2.69. The fraction of sp³-hybridized carbons (Fsp3) is 0. The summed E-state index contributed by atoms with van der Waals surface area (Å²) in [6.45, 7) is 0. The van der Waals surface area contributed by atoms with Crippen LogP contribution in [0.4, 0.5) is 5.69 Å². The predicted molar refractivity (Wildman–Crippen MR) is 71.7 cm³/mol. The van der Waals surface area contributed by atoms with Crippen molar-refractivity contribution in [1.29, 1.82) is 0 Å². The van der Waals surface area contributed by atoms with Gasteiger partial charge in [-0.2, -0.15) is 0 Å². The lowest BCUT2D eigenvalue weighted by Gasteiger charge is -2.06. The van der Waals surface area contributed by atoms with Crippen molar-refractivity contribution in [1.82, 2.24) is 4.98 Å². The number of aromatic nitrogens is 1. The van der Waals surface area contributed by atoms with E-state index in [2.05, 4.69) is 36.8 Å². The van der Waals surface area contributed by atoms with Gasteiger partial charge in [0.25, 0.3) is 5.69 Å². The first-order chi connectivity index (χ1) is 8.11. The highest BCUT2D eigenvalue weighted by atomic mass is 79.9. The monoisotopic (exact) mass is 356 g/mol. The molecule has 0 fully saturated rings. The highest BCUT2D eigenvalue weighted by Gasteiger charge is 2.19. The minimum absolute atomic E-state index is 0.0221. The first kappa shape index (κ1) is 12.2. The molecular weight excluding hydrogens is 352 g/mol. The van der Waals surface area contributed by atoms with Gasteiger partial charge < -0.3 is 0 Å². The summed E-state index contributed by atoms with van der Waals surface area (Å²) in [7, 11) is 0. The molecule has 0 amide bonds. The van der Waals surface area contributed by atoms with Crippen LogP contribution in [0.3, 0.4) is 0 Å². The molecule has 1 aromatic heterocycles. The summed E-state index contributed by atoms with van der Waals surface area (Å²) >= 11 is 6.63. The third-order valence-corrected chi connectivity index (χ3v) is 3.65. The van der Waals surface area contributed by atoms with Crippen LogP contribution in [0.15, 0.2) is 45.5 Å². The van der Waals surface area contributed by atoms with E-state index in [0.717, 1.165) is 4.47 Å². The Kier molecular flexibility index (Phi) is 3.54. The maximum Gasteiger partial charge on any atom is 0.284 e. The Morgan fingerprint density at radius 3 is 2.53 bits per heavy atom. The normalized spacial score (nSPS) is 10.2. The molecule has 0 aliphatic heterocycles. The van der Waals surface area contributed by atoms with Crippen LogP contribution >= 0.6 is 31.9 Å². The van der Waals surface area contributed by atoms with Crippen molar-refractivity contribution < 1.29 is 4.92 Å². The van der Waals surface area contributed by atoms with Crippen molar-refractivity contribution in [3.63, 3.8) is 0 Å². The van der Waals surface area contributed by atoms with Gasteiger partial charge in [-0.15, -0.1) is 0 Å². The molecule has 86 valence electrons. The SMILES string of the molecule is O=[N+]([O-])c1ccc(Br)c(-c2ccccn2)c1Br. The van der Waals surface area contributed by atoms with E-state index in [9.17, 15) is 10.1 Å². The molecule has 0 unspecified atom stereocenters. The Morgan fingerprint density at radius 2 is 1.94 bits per heavy atom. The van der Waals surface area contributed by atoms with E-state index in [4.69, 9.17) is 0 Å². The van der Waals surface area contributed by atoms with Gasteiger partial charge >= 0.3 is 0 Å². The number of halogens is 2. The maximum atomic E-state index is 10.9. The molecule has 17 heavy (non-hydrogen) atoms. The van der Waals surface area contributed by atoms with Crippen LogP contribution in [-0.4, -0.2) is 9.91 Å². The van der Waals surface area contributed by atoms with Gasteiger partial charge in [0.15, 0.2) is 0 Å². The Bertz CT molecular complexity index is 573. The zero-order chi connectivity index (χ0) is 12.4. The van der Waals surface area contributed by atoms with Crippen LogP contribution < -0.4 is 0 Å². The number of nitro groups is 1. The average molecular weight is 358 g/mol. The summed E-state index contributed by atoms with van der Waals surface area (Å²) in [4.78, 5) is 14.6. The molecule has 1 aromatic carbocycles. The smallest absolute Gasteiger partial charge is 0.258 e. The molecule has 0 bridgehead atoms. The number of benzene rings is 1. The molecule has 0 N–H and O–H groups in total. The Morgan fingerprint density at radius 1 is 1.18 bits per heavy atom. The fourth-order valence-electron chi connectivity index (χ4n) is 1.43. The molecule has 2 aromatic rings. The summed E-state index contributed by atoms with van der Waals surface area (Å²) in [5, 5.41) is 10.9. The van der Waals surface area contributed by atoms with Crippen molar-refractivity contribution in [3.8, 4) is 11.3 Å². The topological polar surface area (TPSA) is 56.0 Å². The summed E-state index contributed by atoms with van der Waals surface area (Å²) in [6, 6.07) is 8.52. The molecular formula is C11H6Br2N2O2. The fourth-order valence-corrected chi connectivity index (χ4v) is 2.92. The molecule has 0 atom stereocenters. The van der Waals surface area contributed by atoms with Crippen molar-refractivity contribution in [2.24, 2.45) is 0 Å². The van der Waals surface area contributed by atoms with Crippen molar-refractivity contribution in [2.45, 2.75) is 0 Å². The van der Waals surface area contributed by atoms with E-state index in [0.29, 0.717) is 15.7 Å². The second-order valence-electron chi connectivity index (χ2n) is 3.23. The van der Waals surface area contributed by atoms with E-state index in [1.54, 1.807) is 24.4 Å². The van der Waals surface area contributed by atoms with Gasteiger partial charge in [-0.3, -0.25) is 15.1 Å². The van der Waals surface area contributed by atoms with Crippen molar-refractivity contribution >= 4 is 37.5 Å². The standard InChI is InChI=1S/C11H6Br2N2O2/c12-7-4-5-9(15(16)17)11(13)10(7)8-3-1-2-6-14-8/h1-6H. The third kappa shape index (κ3) is 2.37. The first-order valence-corrected chi connectivity index (χ1v) is 6.23. The van der Waals surface area contributed by atoms with Gasteiger partial charge in [0, 0.05) is 22.3 Å². The minimum atomic E-state index is -0.428. The molecule has 4 nitrogen and oxygen atoms in total. The van der Waals surface area contributed by atoms with Crippen molar-refractivity contribution in [3.05, 3.63) is 55.6 Å². The third-order valence-electron chi connectivity index (χ3n) is 2.19. The van der Waals surface area contributed by atoms with Crippen LogP contribution in [-0.2, 0) is 0 Å². The Labute approximate surface area is 114 Å². The maximum absolute atomic E-state index is 10.9. The lowest BCUT2D eigenvalue weighted by atomic mass is 10.1. The second kappa shape index (κ2) is 4.93. The molecule has 6 heteroatoms. The molecule has 0 aliphatic carbocycles. The molecule has 0 spiro atoms.